The average molecular weight is 432 g/mol. The van der Waals surface area contributed by atoms with E-state index in [1.807, 2.05) is 29.3 Å². The van der Waals surface area contributed by atoms with Crippen LogP contribution >= 0.6 is 31.4 Å². The van der Waals surface area contributed by atoms with Gasteiger partial charge in [-0.1, -0.05) is 20.0 Å². The van der Waals surface area contributed by atoms with E-state index < -0.39 is 0 Å². The maximum absolute atomic E-state index is 13.2. The van der Waals surface area contributed by atoms with Crippen molar-refractivity contribution in [1.82, 2.24) is 19.9 Å². The molecule has 2 aliphatic rings. The van der Waals surface area contributed by atoms with Gasteiger partial charge in [0.05, 0.1) is 15.9 Å². The lowest BCUT2D eigenvalue weighted by Crippen LogP contribution is -2.57. The van der Waals surface area contributed by atoms with Crippen LogP contribution in [0.1, 0.15) is 23.2 Å². The second-order valence-electron chi connectivity index (χ2n) is 7.30. The van der Waals surface area contributed by atoms with Gasteiger partial charge in [0.1, 0.15) is 17.8 Å². The van der Waals surface area contributed by atoms with Gasteiger partial charge < -0.3 is 14.8 Å². The van der Waals surface area contributed by atoms with Crippen LogP contribution in [0.3, 0.4) is 0 Å². The normalized spacial score (nSPS) is 18.1. The van der Waals surface area contributed by atoms with Gasteiger partial charge in [0.15, 0.2) is 0 Å². The van der Waals surface area contributed by atoms with Crippen LogP contribution in [0.15, 0.2) is 41.7 Å². The molecule has 144 valence electrons. The highest BCUT2D eigenvalue weighted by Gasteiger charge is 2.53. The summed E-state index contributed by atoms with van der Waals surface area (Å²) in [5.74, 6) is 1.00. The van der Waals surface area contributed by atoms with E-state index in [0.29, 0.717) is 17.1 Å². The van der Waals surface area contributed by atoms with E-state index >= 15 is 0 Å². The zero-order valence-electron chi connectivity index (χ0n) is 15.1. The Labute approximate surface area is 174 Å². The van der Waals surface area contributed by atoms with Crippen molar-refractivity contribution < 1.29 is 4.79 Å². The topological polar surface area (TPSA) is 65.1 Å². The van der Waals surface area contributed by atoms with Crippen LogP contribution in [-0.4, -0.2) is 50.9 Å². The van der Waals surface area contributed by atoms with E-state index in [1.54, 1.807) is 12.4 Å². The summed E-state index contributed by atoms with van der Waals surface area (Å²) in [7, 11) is 2.58. The number of benzene rings is 1. The summed E-state index contributed by atoms with van der Waals surface area (Å²) >= 11 is 7.82. The lowest BCUT2D eigenvalue weighted by atomic mass is 10.1. The number of anilines is 1. The van der Waals surface area contributed by atoms with Crippen LogP contribution in [0, 0.1) is 0 Å². The summed E-state index contributed by atoms with van der Waals surface area (Å²) in [5, 5.41) is 1.64. The number of halogens is 1. The molecule has 1 spiro atoms. The second kappa shape index (κ2) is 6.90. The number of hydrogen-bond donors (Lipinski definition) is 1. The molecule has 9 heteroatoms. The summed E-state index contributed by atoms with van der Waals surface area (Å²) in [5.41, 5.74) is 1.39. The number of carbonyl (C=O) groups excluding carboxylic acids is 1. The Kier molecular flexibility index (Phi) is 4.49. The molecule has 1 aliphatic heterocycles. The molecule has 3 aromatic rings. The summed E-state index contributed by atoms with van der Waals surface area (Å²) in [4.78, 5) is 30.5. The van der Waals surface area contributed by atoms with E-state index in [4.69, 9.17) is 11.6 Å². The van der Waals surface area contributed by atoms with E-state index in [9.17, 15) is 4.79 Å². The largest absolute Gasteiger partial charge is 0.352 e. The minimum atomic E-state index is -0.108. The molecule has 6 nitrogen and oxygen atoms in total. The van der Waals surface area contributed by atoms with Gasteiger partial charge >= 0.3 is 0 Å². The number of rotatable bonds is 3. The fraction of sp³-hybridized carbons (Fsp3) is 0.316. The van der Waals surface area contributed by atoms with Gasteiger partial charge in [0.2, 0.25) is 0 Å². The third-order valence-corrected chi connectivity index (χ3v) is 7.46. The zero-order valence-corrected chi connectivity index (χ0v) is 17.8. The number of piperazine rings is 1. The second-order valence-corrected chi connectivity index (χ2v) is 9.09. The van der Waals surface area contributed by atoms with Gasteiger partial charge in [0.25, 0.3) is 5.91 Å². The Bertz CT molecular complexity index is 1070. The Morgan fingerprint density at radius 2 is 2.11 bits per heavy atom. The molecule has 1 amide bonds. The summed E-state index contributed by atoms with van der Waals surface area (Å²) in [6, 6.07) is 7.57. The van der Waals surface area contributed by atoms with Gasteiger partial charge in [0, 0.05) is 36.3 Å². The van der Waals surface area contributed by atoms with Crippen molar-refractivity contribution in [3.05, 3.63) is 47.4 Å². The number of H-pyrrole nitrogens is 1. The molecule has 2 fully saturated rings. The summed E-state index contributed by atoms with van der Waals surface area (Å²) in [6.07, 6.45) is 5.52. The lowest BCUT2D eigenvalue weighted by Gasteiger charge is -2.43. The van der Waals surface area contributed by atoms with Crippen LogP contribution < -0.4 is 4.90 Å². The van der Waals surface area contributed by atoms with Gasteiger partial charge in [-0.2, -0.15) is 0 Å². The molecule has 3 heterocycles. The van der Waals surface area contributed by atoms with Crippen molar-refractivity contribution in [3.8, 4) is 0 Å². The standard InChI is InChI=1S/C19H19ClN5OPS/c20-14-9-12(1-2-15(14)28-27)18(26)25-8-7-24(10-19(25)4-5-19)17-13-3-6-21-16(13)22-11-23-17/h1-3,6,9,11H,4-5,7-8,10,27H2,(H,21,22,23). The Morgan fingerprint density at radius 3 is 2.86 bits per heavy atom. The zero-order chi connectivity index (χ0) is 19.3. The molecule has 1 aliphatic carbocycles. The smallest absolute Gasteiger partial charge is 0.254 e. The predicted octanol–water partition coefficient (Wildman–Crippen LogP) is 3.99. The number of carbonyl (C=O) groups is 1. The highest BCUT2D eigenvalue weighted by Crippen LogP contribution is 2.46. The molecule has 0 radical (unpaired) electrons. The van der Waals surface area contributed by atoms with Crippen LogP contribution in [0.5, 0.6) is 0 Å². The summed E-state index contributed by atoms with van der Waals surface area (Å²) < 4.78 is 0. The van der Waals surface area contributed by atoms with Crippen molar-refractivity contribution in [2.75, 3.05) is 24.5 Å². The molecule has 5 rings (SSSR count). The first-order valence-electron chi connectivity index (χ1n) is 9.13. The molecular weight excluding hydrogens is 413 g/mol. The van der Waals surface area contributed by atoms with E-state index in [2.05, 4.69) is 28.3 Å². The van der Waals surface area contributed by atoms with Gasteiger partial charge in [-0.05, 0) is 37.1 Å². The molecular formula is C19H19ClN5OPS. The molecule has 1 saturated heterocycles. The van der Waals surface area contributed by atoms with Crippen molar-refractivity contribution in [1.29, 1.82) is 0 Å². The number of nitrogens with one attached hydrogen (secondary N) is 1. The van der Waals surface area contributed by atoms with Gasteiger partial charge in [-0.25, -0.2) is 9.97 Å². The Balaban J connectivity index is 1.40. The summed E-state index contributed by atoms with van der Waals surface area (Å²) in [6.45, 7) is 2.22. The molecule has 28 heavy (non-hydrogen) atoms. The first-order valence-corrected chi connectivity index (χ1v) is 11.8. The number of amides is 1. The third-order valence-electron chi connectivity index (χ3n) is 5.66. The molecule has 1 N–H and O–H groups in total. The molecule has 1 saturated carbocycles. The van der Waals surface area contributed by atoms with Gasteiger partial charge in [-0.15, -0.1) is 11.4 Å². The number of aromatic amines is 1. The monoisotopic (exact) mass is 431 g/mol. The molecule has 1 aromatic carbocycles. The molecule has 0 bridgehead atoms. The fourth-order valence-electron chi connectivity index (χ4n) is 4.04. The number of nitrogens with zero attached hydrogens (tertiary/aromatic N) is 4. The van der Waals surface area contributed by atoms with E-state index in [-0.39, 0.29) is 11.4 Å². The van der Waals surface area contributed by atoms with Crippen LogP contribution in [-0.2, 0) is 0 Å². The van der Waals surface area contributed by atoms with E-state index in [0.717, 1.165) is 47.7 Å². The lowest BCUT2D eigenvalue weighted by molar-refractivity contribution is 0.0624. The third kappa shape index (κ3) is 2.97. The van der Waals surface area contributed by atoms with Crippen LogP contribution in [0.2, 0.25) is 5.02 Å². The SMILES string of the molecule is O=C(c1ccc(SP)c(Cl)c1)N1CCN(c2ncnc3[nH]ccc23)CC12CC2. The quantitative estimate of drug-likeness (QED) is 0.635. The minimum absolute atomic E-state index is 0.0637. The fourth-order valence-corrected chi connectivity index (χ4v) is 5.52. The minimum Gasteiger partial charge on any atom is -0.352 e. The van der Waals surface area contributed by atoms with Crippen molar-refractivity contribution in [2.45, 2.75) is 23.3 Å². The first-order chi connectivity index (χ1) is 13.6. The number of fused-ring (bicyclic) bond motifs is 1. The Morgan fingerprint density at radius 1 is 1.25 bits per heavy atom. The maximum Gasteiger partial charge on any atom is 0.254 e. The van der Waals surface area contributed by atoms with Crippen molar-refractivity contribution >= 4 is 54.2 Å². The van der Waals surface area contributed by atoms with Gasteiger partial charge in [-0.3, -0.25) is 4.79 Å². The van der Waals surface area contributed by atoms with E-state index in [1.165, 1.54) is 11.4 Å². The highest BCUT2D eigenvalue weighted by atomic mass is 35.5. The molecule has 1 unspecified atom stereocenters. The van der Waals surface area contributed by atoms with Crippen molar-refractivity contribution in [2.24, 2.45) is 0 Å². The number of hydrogen-bond acceptors (Lipinski definition) is 5. The highest BCUT2D eigenvalue weighted by molar-refractivity contribution is 8.43. The van der Waals surface area contributed by atoms with Crippen LogP contribution in [0.4, 0.5) is 5.82 Å². The molecule has 2 aromatic heterocycles. The Hall–Kier alpha value is -1.82. The number of aromatic nitrogens is 3. The average Bonchev–Trinajstić information content (AvgIpc) is 3.29. The predicted molar refractivity (Wildman–Crippen MR) is 116 cm³/mol. The molecule has 1 atom stereocenters. The maximum atomic E-state index is 13.2. The van der Waals surface area contributed by atoms with Crippen molar-refractivity contribution in [3.63, 3.8) is 0 Å². The first kappa shape index (κ1) is 18.2. The van der Waals surface area contributed by atoms with Crippen LogP contribution in [0.25, 0.3) is 11.0 Å².